The Balaban J connectivity index is 1.46. The van der Waals surface area contributed by atoms with E-state index in [1.54, 1.807) is 32.9 Å². The van der Waals surface area contributed by atoms with E-state index in [1.807, 2.05) is 29.0 Å². The van der Waals surface area contributed by atoms with Gasteiger partial charge in [-0.1, -0.05) is 12.1 Å². The lowest BCUT2D eigenvalue weighted by Crippen LogP contribution is -2.39. The Morgan fingerprint density at radius 1 is 1.19 bits per heavy atom. The number of halogens is 1. The topological polar surface area (TPSA) is 83.6 Å². The lowest BCUT2D eigenvalue weighted by atomic mass is 10.0. The van der Waals surface area contributed by atoms with Crippen molar-refractivity contribution in [3.05, 3.63) is 48.2 Å². The molecule has 1 amide bonds. The average Bonchev–Trinajstić information content (AvgIpc) is 3.46. The van der Waals surface area contributed by atoms with Gasteiger partial charge in [0.05, 0.1) is 49.0 Å². The quantitative estimate of drug-likeness (QED) is 0.508. The van der Waals surface area contributed by atoms with Gasteiger partial charge in [0.1, 0.15) is 17.1 Å². The van der Waals surface area contributed by atoms with Crippen LogP contribution in [0.15, 0.2) is 42.6 Å². The second-order valence-corrected chi connectivity index (χ2v) is 10.8. The fourth-order valence-electron chi connectivity index (χ4n) is 4.94. The number of benzene rings is 1. The van der Waals surface area contributed by atoms with Gasteiger partial charge in [0, 0.05) is 37.8 Å². The van der Waals surface area contributed by atoms with Crippen molar-refractivity contribution in [1.29, 1.82) is 5.26 Å². The van der Waals surface area contributed by atoms with Crippen LogP contribution in [0.1, 0.15) is 32.8 Å². The van der Waals surface area contributed by atoms with Crippen LogP contribution in [0.4, 0.5) is 15.0 Å². The second kappa shape index (κ2) is 9.67. The van der Waals surface area contributed by atoms with E-state index < -0.39 is 17.4 Å². The lowest BCUT2D eigenvalue weighted by Gasteiger charge is -2.30. The molecule has 0 radical (unpaired) electrons. The first-order chi connectivity index (χ1) is 17.6. The van der Waals surface area contributed by atoms with Gasteiger partial charge in [0.25, 0.3) is 0 Å². The molecule has 0 spiro atoms. The molecular formula is C28H32FN5O3. The minimum absolute atomic E-state index is 0.0106. The number of anilines is 1. The number of ether oxygens (including phenoxy) is 2. The zero-order chi connectivity index (χ0) is 26.2. The number of morpholine rings is 1. The number of fused-ring (bicyclic) bond motifs is 1. The van der Waals surface area contributed by atoms with E-state index in [1.165, 1.54) is 4.90 Å². The van der Waals surface area contributed by atoms with Crippen LogP contribution in [-0.2, 0) is 16.0 Å². The number of likely N-dealkylation sites (tertiary alicyclic amines) is 1. The van der Waals surface area contributed by atoms with Gasteiger partial charge in [-0.15, -0.1) is 0 Å². The van der Waals surface area contributed by atoms with E-state index >= 15 is 4.39 Å². The number of hydrogen-bond acceptors (Lipinski definition) is 6. The van der Waals surface area contributed by atoms with Crippen molar-refractivity contribution >= 4 is 22.9 Å². The molecular weight excluding hydrogens is 473 g/mol. The van der Waals surface area contributed by atoms with Gasteiger partial charge in [-0.2, -0.15) is 5.26 Å². The lowest BCUT2D eigenvalue weighted by molar-refractivity contribution is 0.0251. The molecule has 3 aromatic rings. The standard InChI is InChI=1S/C28H32FN5O3/c1-27(2,3)37-26(35)34-11-9-28(29,19-34)18-33-10-8-23-24(33)16-22(21-6-4-20(17-30)5-7-21)25(31-23)32-12-14-36-15-13-32/h4-8,10,16H,9,11-15,18-19H2,1-3H3. The highest BCUT2D eigenvalue weighted by Crippen LogP contribution is 2.35. The van der Waals surface area contributed by atoms with Gasteiger partial charge in [0.2, 0.25) is 0 Å². The number of aromatic nitrogens is 2. The SMILES string of the molecule is CC(C)(C)OC(=O)N1CCC(F)(Cn2ccc3nc(N4CCOCC4)c(-c4ccc(C#N)cc4)cc32)C1. The van der Waals surface area contributed by atoms with E-state index in [0.717, 1.165) is 41.1 Å². The molecule has 1 unspecified atom stereocenters. The second-order valence-electron chi connectivity index (χ2n) is 10.8. The van der Waals surface area contributed by atoms with Crippen molar-refractivity contribution < 1.29 is 18.7 Å². The molecule has 0 aliphatic carbocycles. The predicted molar refractivity (Wildman–Crippen MR) is 139 cm³/mol. The fraction of sp³-hybridized carbons (Fsp3) is 0.464. The van der Waals surface area contributed by atoms with Gasteiger partial charge in [-0.3, -0.25) is 0 Å². The summed E-state index contributed by atoms with van der Waals surface area (Å²) in [4.78, 5) is 21.1. The minimum atomic E-state index is -1.57. The van der Waals surface area contributed by atoms with E-state index in [4.69, 9.17) is 14.5 Å². The maximum Gasteiger partial charge on any atom is 0.410 e. The molecule has 0 N–H and O–H groups in total. The summed E-state index contributed by atoms with van der Waals surface area (Å²) in [5.74, 6) is 0.852. The monoisotopic (exact) mass is 505 g/mol. The first-order valence-electron chi connectivity index (χ1n) is 12.6. The largest absolute Gasteiger partial charge is 0.444 e. The van der Waals surface area contributed by atoms with Crippen molar-refractivity contribution in [3.63, 3.8) is 0 Å². The van der Waals surface area contributed by atoms with Crippen LogP contribution >= 0.6 is 0 Å². The summed E-state index contributed by atoms with van der Waals surface area (Å²) in [7, 11) is 0. The number of amides is 1. The first-order valence-corrected chi connectivity index (χ1v) is 12.6. The zero-order valence-electron chi connectivity index (χ0n) is 21.5. The van der Waals surface area contributed by atoms with E-state index in [-0.39, 0.29) is 19.5 Å². The Hall–Kier alpha value is -3.64. The summed E-state index contributed by atoms with van der Waals surface area (Å²) >= 11 is 0. The Morgan fingerprint density at radius 3 is 2.59 bits per heavy atom. The fourth-order valence-corrected chi connectivity index (χ4v) is 4.94. The molecule has 4 heterocycles. The smallest absolute Gasteiger partial charge is 0.410 e. The van der Waals surface area contributed by atoms with Crippen LogP contribution in [0.2, 0.25) is 0 Å². The number of hydrogen-bond donors (Lipinski definition) is 0. The maximum absolute atomic E-state index is 16.0. The highest BCUT2D eigenvalue weighted by molar-refractivity contribution is 5.88. The van der Waals surface area contributed by atoms with Crippen LogP contribution in [0.3, 0.4) is 0 Å². The minimum Gasteiger partial charge on any atom is -0.444 e. The summed E-state index contributed by atoms with van der Waals surface area (Å²) in [6.45, 7) is 8.56. The van der Waals surface area contributed by atoms with Gasteiger partial charge >= 0.3 is 6.09 Å². The third kappa shape index (κ3) is 5.39. The molecule has 2 fully saturated rings. The molecule has 8 nitrogen and oxygen atoms in total. The van der Waals surface area contributed by atoms with Gasteiger partial charge in [-0.25, -0.2) is 14.2 Å². The summed E-state index contributed by atoms with van der Waals surface area (Å²) < 4.78 is 28.8. The third-order valence-electron chi connectivity index (χ3n) is 6.78. The third-order valence-corrected chi connectivity index (χ3v) is 6.78. The van der Waals surface area contributed by atoms with Crippen LogP contribution < -0.4 is 4.90 Å². The number of carbonyl (C=O) groups excluding carboxylic acids is 1. The number of carbonyl (C=O) groups is 1. The van der Waals surface area contributed by atoms with Crippen molar-refractivity contribution in [1.82, 2.24) is 14.5 Å². The highest BCUT2D eigenvalue weighted by Gasteiger charge is 2.42. The van der Waals surface area contributed by atoms with Gasteiger partial charge < -0.3 is 23.8 Å². The molecule has 2 aliphatic rings. The summed E-state index contributed by atoms with van der Waals surface area (Å²) in [6, 6.07) is 13.6. The van der Waals surface area contributed by atoms with Crippen molar-refractivity contribution in [2.24, 2.45) is 0 Å². The number of nitriles is 1. The number of pyridine rings is 1. The van der Waals surface area contributed by atoms with Crippen LogP contribution in [-0.4, -0.2) is 71.2 Å². The molecule has 0 bridgehead atoms. The Bertz CT molecular complexity index is 1330. The average molecular weight is 506 g/mol. The molecule has 1 aromatic carbocycles. The Morgan fingerprint density at radius 2 is 1.92 bits per heavy atom. The molecule has 37 heavy (non-hydrogen) atoms. The molecule has 5 rings (SSSR count). The molecule has 1 atom stereocenters. The first kappa shape index (κ1) is 25.0. The normalized spacial score (nSPS) is 20.3. The van der Waals surface area contributed by atoms with Gasteiger partial charge in [0.15, 0.2) is 0 Å². The Labute approximate surface area is 216 Å². The maximum atomic E-state index is 16.0. The van der Waals surface area contributed by atoms with Crippen molar-refractivity contribution in [3.8, 4) is 17.2 Å². The molecule has 2 saturated heterocycles. The van der Waals surface area contributed by atoms with E-state index in [9.17, 15) is 10.1 Å². The number of rotatable bonds is 4. The highest BCUT2D eigenvalue weighted by atomic mass is 19.1. The molecule has 194 valence electrons. The Kier molecular flexibility index (Phi) is 6.54. The number of alkyl halides is 1. The summed E-state index contributed by atoms with van der Waals surface area (Å²) in [6.07, 6.45) is 1.62. The van der Waals surface area contributed by atoms with Crippen LogP contribution in [0.25, 0.3) is 22.2 Å². The van der Waals surface area contributed by atoms with Gasteiger partial charge in [-0.05, 0) is 50.6 Å². The predicted octanol–water partition coefficient (Wildman–Crippen LogP) is 4.76. The van der Waals surface area contributed by atoms with Crippen molar-refractivity contribution in [2.45, 2.75) is 45.0 Å². The van der Waals surface area contributed by atoms with Crippen LogP contribution in [0, 0.1) is 11.3 Å². The van der Waals surface area contributed by atoms with E-state index in [0.29, 0.717) is 25.3 Å². The summed E-state index contributed by atoms with van der Waals surface area (Å²) in [5, 5.41) is 9.22. The van der Waals surface area contributed by atoms with E-state index in [2.05, 4.69) is 17.0 Å². The zero-order valence-corrected chi connectivity index (χ0v) is 21.5. The molecule has 2 aromatic heterocycles. The van der Waals surface area contributed by atoms with Crippen LogP contribution in [0.5, 0.6) is 0 Å². The van der Waals surface area contributed by atoms with Crippen molar-refractivity contribution in [2.75, 3.05) is 44.3 Å². The molecule has 9 heteroatoms. The molecule has 0 saturated carbocycles. The number of nitrogens with zero attached hydrogens (tertiary/aromatic N) is 5. The summed E-state index contributed by atoms with van der Waals surface area (Å²) in [5.41, 5.74) is 1.86. The molecule has 2 aliphatic heterocycles.